The summed E-state index contributed by atoms with van der Waals surface area (Å²) < 4.78 is 5.42. The van der Waals surface area contributed by atoms with Crippen LogP contribution in [-0.4, -0.2) is 66.7 Å². The number of nitrogens with two attached hydrogens (primary N) is 1. The average Bonchev–Trinajstić information content (AvgIpc) is 2.95. The van der Waals surface area contributed by atoms with Gasteiger partial charge < -0.3 is 15.4 Å². The van der Waals surface area contributed by atoms with Crippen molar-refractivity contribution in [3.63, 3.8) is 0 Å². The Kier molecular flexibility index (Phi) is 3.31. The third-order valence-electron chi connectivity index (χ3n) is 5.20. The number of hydrogen-bond donors (Lipinski definition) is 1. The number of hydrogen-bond acceptors (Lipinski definition) is 4. The normalized spacial score (nSPS) is 43.5. The first-order valence-corrected chi connectivity index (χ1v) is 7.41. The molecular weight excluding hydrogens is 242 g/mol. The Hall–Kier alpha value is -0.650. The highest BCUT2D eigenvalue weighted by Gasteiger charge is 2.49. The lowest BCUT2D eigenvalue weighted by Crippen LogP contribution is -2.61. The lowest BCUT2D eigenvalue weighted by Gasteiger charge is -2.45. The van der Waals surface area contributed by atoms with Crippen molar-refractivity contribution < 1.29 is 9.53 Å². The quantitative estimate of drug-likeness (QED) is 0.729. The van der Waals surface area contributed by atoms with Crippen molar-refractivity contribution in [2.45, 2.75) is 44.8 Å². The molecule has 4 atom stereocenters. The van der Waals surface area contributed by atoms with Crippen LogP contribution in [0.1, 0.15) is 26.7 Å². The molecule has 2 N–H and O–H groups in total. The number of carbonyl (C=O) groups is 1. The van der Waals surface area contributed by atoms with Crippen molar-refractivity contribution in [1.29, 1.82) is 0 Å². The fraction of sp³-hybridized carbons (Fsp3) is 0.929. The molecule has 0 aromatic heterocycles. The summed E-state index contributed by atoms with van der Waals surface area (Å²) in [5, 5.41) is 0. The first-order valence-electron chi connectivity index (χ1n) is 7.41. The van der Waals surface area contributed by atoms with E-state index < -0.39 is 5.41 Å². The van der Waals surface area contributed by atoms with Crippen LogP contribution >= 0.6 is 0 Å². The summed E-state index contributed by atoms with van der Waals surface area (Å²) >= 11 is 0. The number of carbonyl (C=O) groups excluding carboxylic acids is 1. The maximum atomic E-state index is 12.9. The van der Waals surface area contributed by atoms with E-state index in [0.29, 0.717) is 19.3 Å². The fourth-order valence-electron chi connectivity index (χ4n) is 3.71. The molecular formula is C14H25N3O2. The van der Waals surface area contributed by atoms with Gasteiger partial charge in [0.2, 0.25) is 5.91 Å². The molecule has 5 nitrogen and oxygen atoms in total. The van der Waals surface area contributed by atoms with Gasteiger partial charge in [-0.1, -0.05) is 0 Å². The summed E-state index contributed by atoms with van der Waals surface area (Å²) in [7, 11) is 0. The molecule has 5 heteroatoms. The van der Waals surface area contributed by atoms with Gasteiger partial charge in [0, 0.05) is 31.2 Å². The Morgan fingerprint density at radius 2 is 2.21 bits per heavy atom. The summed E-state index contributed by atoms with van der Waals surface area (Å²) in [5.41, 5.74) is 5.56. The molecule has 0 spiro atoms. The second kappa shape index (κ2) is 4.72. The number of ether oxygens (including phenoxy) is 1. The van der Waals surface area contributed by atoms with Gasteiger partial charge >= 0.3 is 0 Å². The molecule has 3 saturated heterocycles. The Bertz CT molecular complexity index is 376. The number of piperazine rings is 1. The molecule has 0 saturated carbocycles. The van der Waals surface area contributed by atoms with Crippen LogP contribution in [0, 0.1) is 5.41 Å². The first kappa shape index (κ1) is 13.3. The number of fused-ring (bicyclic) bond motifs is 1. The molecule has 0 radical (unpaired) electrons. The van der Waals surface area contributed by atoms with E-state index in [0.717, 1.165) is 13.1 Å². The van der Waals surface area contributed by atoms with Crippen LogP contribution in [0.15, 0.2) is 0 Å². The Morgan fingerprint density at radius 3 is 2.89 bits per heavy atom. The first-order chi connectivity index (χ1) is 9.02. The van der Waals surface area contributed by atoms with Gasteiger partial charge in [-0.25, -0.2) is 0 Å². The van der Waals surface area contributed by atoms with E-state index in [1.807, 2.05) is 6.92 Å². The molecule has 4 unspecified atom stereocenters. The van der Waals surface area contributed by atoms with Gasteiger partial charge in [-0.3, -0.25) is 9.69 Å². The number of rotatable bonds is 1. The van der Waals surface area contributed by atoms with Crippen LogP contribution in [0.2, 0.25) is 0 Å². The molecule has 0 aliphatic carbocycles. The molecule has 3 rings (SSSR count). The van der Waals surface area contributed by atoms with E-state index in [4.69, 9.17) is 10.5 Å². The van der Waals surface area contributed by atoms with E-state index in [1.54, 1.807) is 0 Å². The minimum absolute atomic E-state index is 0.172. The van der Waals surface area contributed by atoms with Crippen LogP contribution in [0.4, 0.5) is 0 Å². The Morgan fingerprint density at radius 1 is 1.42 bits per heavy atom. The SMILES string of the molecule is CC1CN2CCCC2CN1C(=O)C1(C)COCC1N. The number of nitrogens with zero attached hydrogens (tertiary/aromatic N) is 2. The minimum atomic E-state index is -0.533. The Balaban J connectivity index is 1.76. The van der Waals surface area contributed by atoms with Gasteiger partial charge in [0.15, 0.2) is 0 Å². The zero-order valence-corrected chi connectivity index (χ0v) is 12.0. The van der Waals surface area contributed by atoms with Crippen molar-refractivity contribution in [2.24, 2.45) is 11.1 Å². The van der Waals surface area contributed by atoms with E-state index >= 15 is 0 Å². The minimum Gasteiger partial charge on any atom is -0.379 e. The highest BCUT2D eigenvalue weighted by atomic mass is 16.5. The third-order valence-corrected chi connectivity index (χ3v) is 5.20. The van der Waals surface area contributed by atoms with E-state index in [1.165, 1.54) is 19.4 Å². The lowest BCUT2D eigenvalue weighted by molar-refractivity contribution is -0.147. The highest BCUT2D eigenvalue weighted by Crippen LogP contribution is 2.33. The topological polar surface area (TPSA) is 58.8 Å². The molecule has 1 amide bonds. The Labute approximate surface area is 115 Å². The summed E-state index contributed by atoms with van der Waals surface area (Å²) in [4.78, 5) is 17.5. The van der Waals surface area contributed by atoms with Gasteiger partial charge in [-0.2, -0.15) is 0 Å². The molecule has 0 bridgehead atoms. The molecule has 19 heavy (non-hydrogen) atoms. The van der Waals surface area contributed by atoms with Crippen molar-refractivity contribution in [3.05, 3.63) is 0 Å². The molecule has 108 valence electrons. The molecule has 3 aliphatic rings. The van der Waals surface area contributed by atoms with Crippen molar-refractivity contribution in [3.8, 4) is 0 Å². The van der Waals surface area contributed by atoms with Crippen LogP contribution < -0.4 is 5.73 Å². The van der Waals surface area contributed by atoms with Gasteiger partial charge in [-0.05, 0) is 33.2 Å². The predicted molar refractivity (Wildman–Crippen MR) is 72.7 cm³/mol. The van der Waals surface area contributed by atoms with Crippen molar-refractivity contribution in [1.82, 2.24) is 9.80 Å². The standard InChI is InChI=1S/C14H25N3O2/c1-10-6-16-5-3-4-11(16)7-17(10)13(18)14(2)9-19-8-12(14)15/h10-12H,3-9,15H2,1-2H3. The maximum Gasteiger partial charge on any atom is 0.232 e. The third kappa shape index (κ3) is 2.08. The maximum absolute atomic E-state index is 12.9. The summed E-state index contributed by atoms with van der Waals surface area (Å²) in [6, 6.07) is 0.669. The predicted octanol–water partition coefficient (Wildman–Crippen LogP) is 0.0453. The fourth-order valence-corrected chi connectivity index (χ4v) is 3.71. The molecule has 3 fully saturated rings. The van der Waals surface area contributed by atoms with Crippen LogP contribution in [0.3, 0.4) is 0 Å². The molecule has 3 aliphatic heterocycles. The monoisotopic (exact) mass is 267 g/mol. The van der Waals surface area contributed by atoms with Crippen LogP contribution in [-0.2, 0) is 9.53 Å². The number of amides is 1. The van der Waals surface area contributed by atoms with Gasteiger partial charge in [0.1, 0.15) is 0 Å². The zero-order valence-electron chi connectivity index (χ0n) is 12.0. The van der Waals surface area contributed by atoms with Gasteiger partial charge in [0.05, 0.1) is 18.6 Å². The average molecular weight is 267 g/mol. The largest absolute Gasteiger partial charge is 0.379 e. The summed E-state index contributed by atoms with van der Waals surface area (Å²) in [5.74, 6) is 0.191. The van der Waals surface area contributed by atoms with E-state index in [2.05, 4.69) is 16.7 Å². The van der Waals surface area contributed by atoms with Crippen LogP contribution in [0.5, 0.6) is 0 Å². The second-order valence-electron chi connectivity index (χ2n) is 6.64. The zero-order chi connectivity index (χ0) is 13.6. The van der Waals surface area contributed by atoms with E-state index in [9.17, 15) is 4.79 Å². The molecule has 0 aromatic carbocycles. The summed E-state index contributed by atoms with van der Waals surface area (Å²) in [6.07, 6.45) is 2.48. The van der Waals surface area contributed by atoms with Crippen LogP contribution in [0.25, 0.3) is 0 Å². The highest BCUT2D eigenvalue weighted by molar-refractivity contribution is 5.84. The van der Waals surface area contributed by atoms with Gasteiger partial charge in [-0.15, -0.1) is 0 Å². The second-order valence-corrected chi connectivity index (χ2v) is 6.64. The van der Waals surface area contributed by atoms with Gasteiger partial charge in [0.25, 0.3) is 0 Å². The molecule has 0 aromatic rings. The van der Waals surface area contributed by atoms with Crippen molar-refractivity contribution in [2.75, 3.05) is 32.8 Å². The van der Waals surface area contributed by atoms with E-state index in [-0.39, 0.29) is 18.0 Å². The summed E-state index contributed by atoms with van der Waals surface area (Å²) in [6.45, 7) is 8.13. The molecule has 3 heterocycles. The van der Waals surface area contributed by atoms with Crippen molar-refractivity contribution >= 4 is 5.91 Å². The smallest absolute Gasteiger partial charge is 0.232 e. The lowest BCUT2D eigenvalue weighted by atomic mass is 9.83.